The maximum atomic E-state index is 12.0. The Kier molecular flexibility index (Phi) is 6.04. The minimum absolute atomic E-state index is 0.209. The maximum Gasteiger partial charge on any atom is 0.250 e. The van der Waals surface area contributed by atoms with E-state index < -0.39 is 0 Å². The van der Waals surface area contributed by atoms with Gasteiger partial charge in [-0.05, 0) is 64.9 Å². The molecule has 0 radical (unpaired) electrons. The summed E-state index contributed by atoms with van der Waals surface area (Å²) in [6.07, 6.45) is 0. The smallest absolute Gasteiger partial charge is 0.250 e. The van der Waals surface area contributed by atoms with Crippen LogP contribution in [-0.4, -0.2) is 25.0 Å². The van der Waals surface area contributed by atoms with Crippen molar-refractivity contribution in [1.29, 1.82) is 5.26 Å². The van der Waals surface area contributed by atoms with Gasteiger partial charge in [-0.15, -0.1) is 0 Å². The zero-order valence-electron chi connectivity index (χ0n) is 33.5. The van der Waals surface area contributed by atoms with Crippen LogP contribution in [0.25, 0.3) is 115 Å². The predicted molar refractivity (Wildman–Crippen MR) is 259 cm³/mol. The number of rotatable bonds is 2. The van der Waals surface area contributed by atoms with Crippen LogP contribution in [0.2, 0.25) is 0 Å². The van der Waals surface area contributed by atoms with E-state index >= 15 is 0 Å². The van der Waals surface area contributed by atoms with Gasteiger partial charge in [-0.2, -0.15) is 5.26 Å². The van der Waals surface area contributed by atoms with Crippen LogP contribution < -0.4 is 16.4 Å². The summed E-state index contributed by atoms with van der Waals surface area (Å²) in [4.78, 5) is 4.60. The number of nitrogens with zero attached hydrogens (tertiary/aromatic N) is 6. The van der Waals surface area contributed by atoms with Crippen LogP contribution in [0.1, 0.15) is 5.56 Å². The van der Waals surface area contributed by atoms with E-state index in [1.54, 1.807) is 0 Å². The average Bonchev–Trinajstić information content (AvgIpc) is 4.06. The van der Waals surface area contributed by atoms with Crippen LogP contribution in [0, 0.1) is 17.9 Å². The number of benzene rings is 9. The van der Waals surface area contributed by atoms with E-state index in [0.717, 1.165) is 110 Å². The average molecular weight is 797 g/mol. The Balaban J connectivity index is 1.20. The lowest BCUT2D eigenvalue weighted by atomic mass is 9.34. The van der Waals surface area contributed by atoms with E-state index in [1.165, 1.54) is 10.9 Å². The predicted octanol–water partition coefficient (Wildman–Crippen LogP) is 11.6. The summed E-state index contributed by atoms with van der Waals surface area (Å²) in [6, 6.07) is 65.5. The van der Waals surface area contributed by atoms with Crippen LogP contribution in [-0.2, 0) is 0 Å². The molecule has 0 amide bonds. The van der Waals surface area contributed by atoms with Gasteiger partial charge in [-0.1, -0.05) is 127 Å². The normalized spacial score (nSPS) is 12.7. The van der Waals surface area contributed by atoms with Gasteiger partial charge in [-0.25, -0.2) is 4.85 Å². The Labute approximate surface area is 359 Å². The Bertz CT molecular complexity index is 4190. The van der Waals surface area contributed by atoms with Crippen molar-refractivity contribution >= 4 is 116 Å². The molecule has 2 aliphatic heterocycles. The van der Waals surface area contributed by atoms with Gasteiger partial charge >= 0.3 is 0 Å². The minimum Gasteiger partial charge on any atom is -0.320 e. The van der Waals surface area contributed by atoms with Crippen molar-refractivity contribution in [2.75, 3.05) is 0 Å². The summed E-state index contributed by atoms with van der Waals surface area (Å²) < 4.78 is 9.29. The van der Waals surface area contributed by atoms with Gasteiger partial charge in [-0.3, -0.25) is 0 Å². The highest BCUT2D eigenvalue weighted by Crippen LogP contribution is 2.48. The zero-order valence-corrected chi connectivity index (χ0v) is 33.5. The van der Waals surface area contributed by atoms with E-state index in [-0.39, 0.29) is 6.71 Å². The molecule has 0 unspecified atom stereocenters. The fourth-order valence-corrected chi connectivity index (χ4v) is 11.9. The highest BCUT2D eigenvalue weighted by molar-refractivity contribution is 7.00. The number of hydrogen-bond donors (Lipinski definition) is 0. The first-order valence-electron chi connectivity index (χ1n) is 21.3. The lowest BCUT2D eigenvalue weighted by molar-refractivity contribution is 1.10. The summed E-state index contributed by atoms with van der Waals surface area (Å²) in [5.74, 6) is 0. The van der Waals surface area contributed by atoms with Crippen LogP contribution in [0.4, 0.5) is 5.69 Å². The third kappa shape index (κ3) is 3.82. The fraction of sp³-hybridized carbons (Fsp3) is 0. The first kappa shape index (κ1) is 33.0. The third-order valence-corrected chi connectivity index (χ3v) is 14.2. The molecule has 7 heteroatoms. The Morgan fingerprint density at radius 2 is 0.857 bits per heavy atom. The van der Waals surface area contributed by atoms with Crippen molar-refractivity contribution in [1.82, 2.24) is 18.3 Å². The molecule has 9 aromatic carbocycles. The van der Waals surface area contributed by atoms with Crippen molar-refractivity contribution in [2.24, 2.45) is 0 Å². The summed E-state index contributed by atoms with van der Waals surface area (Å²) >= 11 is 0. The second-order valence-corrected chi connectivity index (χ2v) is 17.0. The molecule has 15 rings (SSSR count). The summed E-state index contributed by atoms with van der Waals surface area (Å²) in [7, 11) is 0. The highest BCUT2D eigenvalue weighted by Gasteiger charge is 2.44. The molecule has 286 valence electrons. The largest absolute Gasteiger partial charge is 0.320 e. The van der Waals surface area contributed by atoms with Crippen LogP contribution in [0.15, 0.2) is 176 Å². The molecule has 0 fully saturated rings. The Hall–Kier alpha value is -8.78. The molecular weight excluding hydrogens is 767 g/mol. The molecule has 13 aromatic rings. The van der Waals surface area contributed by atoms with E-state index in [4.69, 9.17) is 0 Å². The third-order valence-electron chi connectivity index (χ3n) is 14.2. The van der Waals surface area contributed by atoms with Gasteiger partial charge < -0.3 is 18.3 Å². The van der Waals surface area contributed by atoms with Crippen molar-refractivity contribution in [3.63, 3.8) is 0 Å². The lowest BCUT2D eigenvalue weighted by Crippen LogP contribution is -2.59. The molecule has 0 spiro atoms. The molecule has 0 atom stereocenters. The van der Waals surface area contributed by atoms with E-state index in [0.29, 0.717) is 16.9 Å². The molecular formula is C56H29BN6. The van der Waals surface area contributed by atoms with Gasteiger partial charge in [0.15, 0.2) is 0 Å². The molecule has 0 saturated heterocycles. The van der Waals surface area contributed by atoms with Gasteiger partial charge in [0.05, 0.1) is 62.3 Å². The number of hydrogen-bond acceptors (Lipinski definition) is 1. The molecule has 0 aliphatic carbocycles. The van der Waals surface area contributed by atoms with Crippen molar-refractivity contribution < 1.29 is 0 Å². The van der Waals surface area contributed by atoms with E-state index in [1.807, 2.05) is 0 Å². The second kappa shape index (κ2) is 11.5. The van der Waals surface area contributed by atoms with Gasteiger partial charge in [0.25, 0.3) is 6.71 Å². The standard InChI is InChI=1S/C56H29BN6/c1-59-51-55(61-45-26-10-8-20-36(45)40-29-48-39(30-49(40)61)35-19-7-9-25-44(35)60(48)32-15-3-2-4-16-32)41(31-58)54-50-56(51)63-47-28-12-6-18-34(47)38-22-14-24-43(53(38)63)57(50)42-23-13-21-37-33-17-5-11-27-46(33)62(54)52(37)42/h2-30H. The van der Waals surface area contributed by atoms with Gasteiger partial charge in [0, 0.05) is 59.8 Å². The number of para-hydroxylation sites is 7. The van der Waals surface area contributed by atoms with E-state index in [9.17, 15) is 11.8 Å². The fourth-order valence-electron chi connectivity index (χ4n) is 11.9. The molecule has 0 N–H and O–H groups in total. The summed E-state index contributed by atoms with van der Waals surface area (Å²) in [5.41, 5.74) is 16.1. The number of fused-ring (bicyclic) bond motifs is 16. The van der Waals surface area contributed by atoms with E-state index in [2.05, 4.69) is 205 Å². The zero-order chi connectivity index (χ0) is 41.2. The summed E-state index contributed by atoms with van der Waals surface area (Å²) in [6.45, 7) is 9.13. The number of nitriles is 1. The SMILES string of the molecule is [C-]#[N+]c1c(-n2c3ccccc3c3cc4c(cc32)c2ccccc2n4-c2ccccc2)c(C#N)c2c3c1-n1c4ccccc4c4cccc(c41)B3c1cccc3c4ccccc4n-2c13. The summed E-state index contributed by atoms with van der Waals surface area (Å²) in [5, 5.41) is 20.9. The van der Waals surface area contributed by atoms with Crippen molar-refractivity contribution in [2.45, 2.75) is 0 Å². The monoisotopic (exact) mass is 796 g/mol. The lowest BCUT2D eigenvalue weighted by Gasteiger charge is -2.36. The molecule has 63 heavy (non-hydrogen) atoms. The minimum atomic E-state index is -0.209. The molecule has 0 saturated carbocycles. The maximum absolute atomic E-state index is 12.0. The second-order valence-electron chi connectivity index (χ2n) is 17.0. The highest BCUT2D eigenvalue weighted by atomic mass is 15.1. The van der Waals surface area contributed by atoms with Gasteiger partial charge in [0.1, 0.15) is 6.07 Å². The number of aromatic nitrogens is 4. The van der Waals surface area contributed by atoms with Crippen molar-refractivity contribution in [3.05, 3.63) is 193 Å². The topological polar surface area (TPSA) is 47.9 Å². The quantitative estimate of drug-likeness (QED) is 0.127. The molecule has 2 aliphatic rings. The molecule has 6 nitrogen and oxygen atoms in total. The first-order chi connectivity index (χ1) is 31.2. The Morgan fingerprint density at radius 1 is 0.413 bits per heavy atom. The van der Waals surface area contributed by atoms with Crippen LogP contribution >= 0.6 is 0 Å². The Morgan fingerprint density at radius 3 is 1.40 bits per heavy atom. The molecule has 6 heterocycles. The first-order valence-corrected chi connectivity index (χ1v) is 21.3. The van der Waals surface area contributed by atoms with Gasteiger partial charge in [0.2, 0.25) is 5.69 Å². The molecule has 0 bridgehead atoms. The molecule has 4 aromatic heterocycles. The van der Waals surface area contributed by atoms with Crippen molar-refractivity contribution in [3.8, 4) is 28.8 Å². The van der Waals surface area contributed by atoms with Crippen LogP contribution in [0.5, 0.6) is 0 Å². The van der Waals surface area contributed by atoms with Crippen LogP contribution in [0.3, 0.4) is 0 Å².